The van der Waals surface area contributed by atoms with E-state index in [0.717, 1.165) is 37.4 Å². The number of rotatable bonds is 6. The quantitative estimate of drug-likeness (QED) is 0.474. The molecule has 2 heterocycles. The van der Waals surface area contributed by atoms with Gasteiger partial charge in [0.1, 0.15) is 5.82 Å². The number of amides is 1. The van der Waals surface area contributed by atoms with Gasteiger partial charge in [0.15, 0.2) is 0 Å². The van der Waals surface area contributed by atoms with Gasteiger partial charge in [0, 0.05) is 45.0 Å². The number of likely N-dealkylation sites (tertiary alicyclic amines) is 1. The molecular formula is C20H24N4O2. The predicted octanol–water partition coefficient (Wildman–Crippen LogP) is 2.31. The molecular weight excluding hydrogens is 328 g/mol. The monoisotopic (exact) mass is 352 g/mol. The van der Waals surface area contributed by atoms with Crippen LogP contribution < -0.4 is 10.4 Å². The maximum absolute atomic E-state index is 11.0. The second kappa shape index (κ2) is 8.60. The maximum Gasteiger partial charge on any atom is 0.267 e. The van der Waals surface area contributed by atoms with Crippen LogP contribution in [0, 0.1) is 0 Å². The van der Waals surface area contributed by atoms with Crippen LogP contribution in [0.2, 0.25) is 0 Å². The van der Waals surface area contributed by atoms with Gasteiger partial charge in [-0.3, -0.25) is 14.9 Å². The molecule has 1 aromatic carbocycles. The molecule has 3 rings (SSSR count). The largest absolute Gasteiger partial charge is 0.355 e. The Morgan fingerprint density at radius 1 is 1.35 bits per heavy atom. The minimum Gasteiger partial charge on any atom is -0.355 e. The molecule has 0 spiro atoms. The number of hydroxylamine groups is 1. The van der Waals surface area contributed by atoms with Gasteiger partial charge in [-0.05, 0) is 35.8 Å². The smallest absolute Gasteiger partial charge is 0.267 e. The van der Waals surface area contributed by atoms with Crippen molar-refractivity contribution in [2.45, 2.75) is 19.0 Å². The molecule has 1 saturated heterocycles. The Hall–Kier alpha value is -2.70. The fourth-order valence-corrected chi connectivity index (χ4v) is 3.21. The molecule has 2 N–H and O–H groups in total. The molecule has 1 aliphatic rings. The van der Waals surface area contributed by atoms with E-state index < -0.39 is 5.91 Å². The second-order valence-corrected chi connectivity index (χ2v) is 6.53. The van der Waals surface area contributed by atoms with E-state index in [0.29, 0.717) is 6.04 Å². The van der Waals surface area contributed by atoms with Crippen LogP contribution in [0.4, 0.5) is 5.82 Å². The number of aromatic nitrogens is 1. The van der Waals surface area contributed by atoms with Crippen LogP contribution in [0.3, 0.4) is 0 Å². The lowest BCUT2D eigenvalue weighted by molar-refractivity contribution is -0.124. The van der Waals surface area contributed by atoms with E-state index in [1.54, 1.807) is 17.8 Å². The topological polar surface area (TPSA) is 68.7 Å². The van der Waals surface area contributed by atoms with Gasteiger partial charge in [-0.15, -0.1) is 0 Å². The van der Waals surface area contributed by atoms with Crippen LogP contribution in [-0.4, -0.2) is 47.2 Å². The van der Waals surface area contributed by atoms with Gasteiger partial charge in [-0.1, -0.05) is 30.3 Å². The summed E-state index contributed by atoms with van der Waals surface area (Å²) in [6, 6.07) is 14.9. The summed E-state index contributed by atoms with van der Waals surface area (Å²) >= 11 is 0. The van der Waals surface area contributed by atoms with Gasteiger partial charge in [0.2, 0.25) is 0 Å². The molecule has 136 valence electrons. The van der Waals surface area contributed by atoms with Gasteiger partial charge in [-0.25, -0.2) is 10.5 Å². The average molecular weight is 352 g/mol. The average Bonchev–Trinajstić information content (AvgIpc) is 3.15. The van der Waals surface area contributed by atoms with Crippen molar-refractivity contribution in [2.75, 3.05) is 25.0 Å². The SMILES string of the molecule is CN(c1ccc(C=CC(=O)NO)cn1)C1CCN(Cc2ccccc2)C1. The molecule has 1 aliphatic heterocycles. The van der Waals surface area contributed by atoms with E-state index in [9.17, 15) is 4.79 Å². The number of carbonyl (C=O) groups is 1. The standard InChI is InChI=1S/C20H24N4O2/c1-23(19-9-7-16(13-21-19)8-10-20(25)22-26)18-11-12-24(15-18)14-17-5-3-2-4-6-17/h2-10,13,18,26H,11-12,14-15H2,1H3,(H,22,25). The third-order valence-electron chi connectivity index (χ3n) is 4.71. The third-order valence-corrected chi connectivity index (χ3v) is 4.71. The Morgan fingerprint density at radius 2 is 2.15 bits per heavy atom. The number of likely N-dealkylation sites (N-methyl/N-ethyl adjacent to an activating group) is 1. The van der Waals surface area contributed by atoms with Gasteiger partial charge < -0.3 is 4.90 Å². The molecule has 2 aromatic rings. The van der Waals surface area contributed by atoms with Gasteiger partial charge in [-0.2, -0.15) is 0 Å². The van der Waals surface area contributed by atoms with E-state index in [4.69, 9.17) is 5.21 Å². The maximum atomic E-state index is 11.0. The van der Waals surface area contributed by atoms with Crippen LogP contribution in [0.5, 0.6) is 0 Å². The van der Waals surface area contributed by atoms with E-state index >= 15 is 0 Å². The van der Waals surface area contributed by atoms with E-state index in [2.05, 4.69) is 46.1 Å². The van der Waals surface area contributed by atoms with Crippen LogP contribution in [-0.2, 0) is 11.3 Å². The molecule has 26 heavy (non-hydrogen) atoms. The molecule has 0 radical (unpaired) electrons. The van der Waals surface area contributed by atoms with Crippen LogP contribution in [0.15, 0.2) is 54.7 Å². The van der Waals surface area contributed by atoms with Gasteiger partial charge in [0.25, 0.3) is 5.91 Å². The fourth-order valence-electron chi connectivity index (χ4n) is 3.21. The first-order valence-electron chi connectivity index (χ1n) is 8.73. The highest BCUT2D eigenvalue weighted by molar-refractivity contribution is 5.90. The van der Waals surface area contributed by atoms with Crippen molar-refractivity contribution in [3.8, 4) is 0 Å². The molecule has 6 heteroatoms. The Kier molecular flexibility index (Phi) is 5.99. The zero-order valence-electron chi connectivity index (χ0n) is 14.9. The van der Waals surface area contributed by atoms with E-state index in [1.165, 1.54) is 11.6 Å². The summed E-state index contributed by atoms with van der Waals surface area (Å²) in [6.07, 6.45) is 5.71. The number of anilines is 1. The number of pyridine rings is 1. The number of nitrogens with one attached hydrogen (secondary N) is 1. The summed E-state index contributed by atoms with van der Waals surface area (Å²) in [5.41, 5.74) is 3.72. The first kappa shape index (κ1) is 18.1. The molecule has 0 bridgehead atoms. The molecule has 0 saturated carbocycles. The highest BCUT2D eigenvalue weighted by atomic mass is 16.5. The van der Waals surface area contributed by atoms with Crippen molar-refractivity contribution in [1.29, 1.82) is 0 Å². The first-order chi connectivity index (χ1) is 12.7. The summed E-state index contributed by atoms with van der Waals surface area (Å²) in [4.78, 5) is 20.2. The lowest BCUT2D eigenvalue weighted by atomic mass is 10.2. The zero-order chi connectivity index (χ0) is 18.4. The summed E-state index contributed by atoms with van der Waals surface area (Å²) < 4.78 is 0. The van der Waals surface area contributed by atoms with E-state index in [-0.39, 0.29) is 0 Å². The fraction of sp³-hybridized carbons (Fsp3) is 0.300. The van der Waals surface area contributed by atoms with E-state index in [1.807, 2.05) is 18.2 Å². The minimum absolute atomic E-state index is 0.438. The Bertz CT molecular complexity index is 746. The van der Waals surface area contributed by atoms with Crippen LogP contribution >= 0.6 is 0 Å². The Labute approximate surface area is 153 Å². The number of carbonyl (C=O) groups excluding carboxylic acids is 1. The lowest BCUT2D eigenvalue weighted by Crippen LogP contribution is -2.34. The van der Waals surface area contributed by atoms with Crippen molar-refractivity contribution in [2.24, 2.45) is 0 Å². The highest BCUT2D eigenvalue weighted by Crippen LogP contribution is 2.21. The second-order valence-electron chi connectivity index (χ2n) is 6.53. The Balaban J connectivity index is 1.57. The van der Waals surface area contributed by atoms with Crippen molar-refractivity contribution in [3.63, 3.8) is 0 Å². The first-order valence-corrected chi connectivity index (χ1v) is 8.73. The van der Waals surface area contributed by atoms with Crippen molar-refractivity contribution in [3.05, 3.63) is 65.9 Å². The summed E-state index contributed by atoms with van der Waals surface area (Å²) in [5, 5.41) is 8.49. The van der Waals surface area contributed by atoms with Crippen molar-refractivity contribution in [1.82, 2.24) is 15.4 Å². The summed E-state index contributed by atoms with van der Waals surface area (Å²) in [5.74, 6) is 0.357. The van der Waals surface area contributed by atoms with Crippen LogP contribution in [0.25, 0.3) is 6.08 Å². The number of hydrogen-bond donors (Lipinski definition) is 2. The normalized spacial score (nSPS) is 17.5. The van der Waals surface area contributed by atoms with Crippen LogP contribution in [0.1, 0.15) is 17.5 Å². The minimum atomic E-state index is -0.560. The van der Waals surface area contributed by atoms with Crippen molar-refractivity contribution >= 4 is 17.8 Å². The zero-order valence-corrected chi connectivity index (χ0v) is 14.9. The molecule has 6 nitrogen and oxygen atoms in total. The molecule has 1 fully saturated rings. The Morgan fingerprint density at radius 3 is 2.85 bits per heavy atom. The molecule has 1 atom stereocenters. The number of hydrogen-bond acceptors (Lipinski definition) is 5. The molecule has 1 aromatic heterocycles. The summed E-state index contributed by atoms with van der Waals surface area (Å²) in [6.45, 7) is 3.08. The van der Waals surface area contributed by atoms with Gasteiger partial charge in [0.05, 0.1) is 0 Å². The van der Waals surface area contributed by atoms with Gasteiger partial charge >= 0.3 is 0 Å². The predicted molar refractivity (Wildman–Crippen MR) is 102 cm³/mol. The molecule has 1 unspecified atom stereocenters. The highest BCUT2D eigenvalue weighted by Gasteiger charge is 2.26. The molecule has 0 aliphatic carbocycles. The molecule has 1 amide bonds. The third kappa shape index (κ3) is 4.68. The number of nitrogens with zero attached hydrogens (tertiary/aromatic N) is 3. The van der Waals surface area contributed by atoms with Crippen molar-refractivity contribution < 1.29 is 10.0 Å². The summed E-state index contributed by atoms with van der Waals surface area (Å²) in [7, 11) is 2.08. The number of benzene rings is 1. The lowest BCUT2D eigenvalue weighted by Gasteiger charge is -2.26.